The van der Waals surface area contributed by atoms with Crippen molar-refractivity contribution in [3.63, 3.8) is 0 Å². The Morgan fingerprint density at radius 2 is 1.95 bits per heavy atom. The van der Waals surface area contributed by atoms with Gasteiger partial charge in [-0.25, -0.2) is 4.98 Å². The Balaban J connectivity index is 2.19. The third-order valence-corrected chi connectivity index (χ3v) is 4.11. The summed E-state index contributed by atoms with van der Waals surface area (Å²) in [7, 11) is 1.66. The van der Waals surface area contributed by atoms with E-state index in [0.29, 0.717) is 6.54 Å². The van der Waals surface area contributed by atoms with Crippen molar-refractivity contribution in [2.45, 2.75) is 44.6 Å². The van der Waals surface area contributed by atoms with Crippen molar-refractivity contribution < 1.29 is 23.4 Å². The number of alkyl halides is 3. The van der Waals surface area contributed by atoms with E-state index in [4.69, 9.17) is 5.11 Å². The zero-order valence-corrected chi connectivity index (χ0v) is 12.5. The van der Waals surface area contributed by atoms with Crippen molar-refractivity contribution in [1.29, 1.82) is 0 Å². The molecule has 1 saturated carbocycles. The van der Waals surface area contributed by atoms with E-state index in [1.54, 1.807) is 11.9 Å². The van der Waals surface area contributed by atoms with Gasteiger partial charge in [0.1, 0.15) is 11.5 Å². The Bertz CT molecular complexity index is 508. The third-order valence-electron chi connectivity index (χ3n) is 4.11. The number of hydrogen-bond acceptors (Lipinski definition) is 4. The quantitative estimate of drug-likeness (QED) is 0.896. The highest BCUT2D eigenvalue weighted by Gasteiger charge is 2.34. The summed E-state index contributed by atoms with van der Waals surface area (Å²) in [6.07, 6.45) is -1.37. The molecule has 1 aliphatic rings. The summed E-state index contributed by atoms with van der Waals surface area (Å²) >= 11 is 0. The second-order valence-corrected chi connectivity index (χ2v) is 5.87. The zero-order chi connectivity index (χ0) is 16.3. The lowest BCUT2D eigenvalue weighted by Gasteiger charge is -2.32. The van der Waals surface area contributed by atoms with Crippen LogP contribution in [0.5, 0.6) is 0 Å². The molecule has 0 aliphatic heterocycles. The lowest BCUT2D eigenvalue weighted by atomic mass is 9.86. The third kappa shape index (κ3) is 4.10. The van der Waals surface area contributed by atoms with Crippen molar-refractivity contribution in [3.05, 3.63) is 23.4 Å². The highest BCUT2D eigenvalue weighted by molar-refractivity contribution is 5.42. The average Bonchev–Trinajstić information content (AvgIpc) is 2.48. The number of aromatic nitrogens is 1. The molecule has 0 spiro atoms. The predicted molar refractivity (Wildman–Crippen MR) is 76.4 cm³/mol. The molecular weight excluding hydrogens is 297 g/mol. The molecule has 22 heavy (non-hydrogen) atoms. The summed E-state index contributed by atoms with van der Waals surface area (Å²) < 4.78 is 38.6. The van der Waals surface area contributed by atoms with Crippen molar-refractivity contribution in [1.82, 2.24) is 4.98 Å². The fraction of sp³-hybridized carbons (Fsp3) is 0.667. The molecule has 1 aromatic heterocycles. The van der Waals surface area contributed by atoms with E-state index >= 15 is 0 Å². The Hall–Kier alpha value is -1.34. The van der Waals surface area contributed by atoms with Gasteiger partial charge in [-0.1, -0.05) is 12.8 Å². The van der Waals surface area contributed by atoms with Crippen LogP contribution in [0.25, 0.3) is 0 Å². The van der Waals surface area contributed by atoms with Crippen LogP contribution in [0.15, 0.2) is 12.1 Å². The highest BCUT2D eigenvalue weighted by Crippen LogP contribution is 2.31. The van der Waals surface area contributed by atoms with Gasteiger partial charge in [0.25, 0.3) is 0 Å². The van der Waals surface area contributed by atoms with Crippen LogP contribution in [-0.2, 0) is 12.8 Å². The van der Waals surface area contributed by atoms with E-state index in [1.165, 1.54) is 6.07 Å². The summed E-state index contributed by atoms with van der Waals surface area (Å²) in [5.74, 6) is 0.198. The fourth-order valence-corrected chi connectivity index (χ4v) is 2.85. The first-order chi connectivity index (χ1) is 10.3. The maximum Gasteiger partial charge on any atom is 0.433 e. The minimum absolute atomic E-state index is 0.0349. The second-order valence-electron chi connectivity index (χ2n) is 5.87. The Morgan fingerprint density at radius 3 is 2.55 bits per heavy atom. The predicted octanol–water partition coefficient (Wildman–Crippen LogP) is 2.58. The summed E-state index contributed by atoms with van der Waals surface area (Å²) in [6, 6.07) is 2.30. The molecule has 4 nitrogen and oxygen atoms in total. The molecule has 1 heterocycles. The van der Waals surface area contributed by atoms with Gasteiger partial charge in [-0.2, -0.15) is 13.2 Å². The second kappa shape index (κ2) is 6.83. The molecule has 0 aromatic carbocycles. The number of pyridine rings is 1. The first kappa shape index (κ1) is 17.0. The molecular formula is C15H21F3N2O2. The molecule has 2 rings (SSSR count). The number of aliphatic hydroxyl groups excluding tert-OH is 2. The van der Waals surface area contributed by atoms with Gasteiger partial charge >= 0.3 is 6.18 Å². The fourth-order valence-electron chi connectivity index (χ4n) is 2.85. The van der Waals surface area contributed by atoms with Gasteiger partial charge in [0.2, 0.25) is 0 Å². The van der Waals surface area contributed by atoms with Crippen LogP contribution in [0, 0.1) is 5.92 Å². The molecule has 0 saturated heterocycles. The maximum atomic E-state index is 12.9. The lowest BCUT2D eigenvalue weighted by molar-refractivity contribution is -0.141. The zero-order valence-electron chi connectivity index (χ0n) is 12.5. The molecule has 2 N–H and O–H groups in total. The molecule has 0 bridgehead atoms. The van der Waals surface area contributed by atoms with Gasteiger partial charge in [-0.15, -0.1) is 0 Å². The number of nitrogens with zero attached hydrogens (tertiary/aromatic N) is 2. The number of hydrogen-bond donors (Lipinski definition) is 2. The van der Waals surface area contributed by atoms with Crippen LogP contribution in [-0.4, -0.2) is 34.9 Å². The van der Waals surface area contributed by atoms with Crippen molar-refractivity contribution in [2.24, 2.45) is 5.92 Å². The molecule has 1 aromatic rings. The van der Waals surface area contributed by atoms with Gasteiger partial charge < -0.3 is 15.1 Å². The summed E-state index contributed by atoms with van der Waals surface area (Å²) in [5, 5.41) is 19.1. The van der Waals surface area contributed by atoms with Crippen LogP contribution >= 0.6 is 0 Å². The van der Waals surface area contributed by atoms with E-state index in [0.717, 1.165) is 31.7 Å². The topological polar surface area (TPSA) is 56.6 Å². The largest absolute Gasteiger partial charge is 0.433 e. The maximum absolute atomic E-state index is 12.9. The Labute approximate surface area is 127 Å². The van der Waals surface area contributed by atoms with Gasteiger partial charge in [-0.05, 0) is 30.5 Å². The van der Waals surface area contributed by atoms with Crippen LogP contribution < -0.4 is 4.90 Å². The minimum Gasteiger partial charge on any atom is -0.393 e. The van der Waals surface area contributed by atoms with Gasteiger partial charge in [0.05, 0.1) is 12.7 Å². The molecule has 0 amide bonds. The molecule has 1 aliphatic carbocycles. The van der Waals surface area contributed by atoms with Crippen LogP contribution in [0.3, 0.4) is 0 Å². The number of halogens is 3. The molecule has 0 radical (unpaired) electrons. The van der Waals surface area contributed by atoms with E-state index in [9.17, 15) is 18.3 Å². The molecule has 2 atom stereocenters. The molecule has 1 fully saturated rings. The van der Waals surface area contributed by atoms with Crippen molar-refractivity contribution in [3.8, 4) is 0 Å². The van der Waals surface area contributed by atoms with Gasteiger partial charge in [0.15, 0.2) is 0 Å². The van der Waals surface area contributed by atoms with Gasteiger partial charge in [0, 0.05) is 19.5 Å². The summed E-state index contributed by atoms with van der Waals surface area (Å²) in [5.41, 5.74) is -0.835. The van der Waals surface area contributed by atoms with E-state index < -0.39 is 24.6 Å². The highest BCUT2D eigenvalue weighted by atomic mass is 19.4. The normalized spacial score (nSPS) is 22.6. The van der Waals surface area contributed by atoms with Gasteiger partial charge in [-0.3, -0.25) is 0 Å². The monoisotopic (exact) mass is 318 g/mol. The van der Waals surface area contributed by atoms with Crippen LogP contribution in [0.2, 0.25) is 0 Å². The Kier molecular flexibility index (Phi) is 5.28. The molecule has 2 unspecified atom stereocenters. The molecule has 7 heteroatoms. The summed E-state index contributed by atoms with van der Waals surface area (Å²) in [6.45, 7) is -0.0289. The molecule has 124 valence electrons. The number of anilines is 1. The Morgan fingerprint density at radius 1 is 1.27 bits per heavy atom. The van der Waals surface area contributed by atoms with E-state index in [2.05, 4.69) is 4.98 Å². The average molecular weight is 318 g/mol. The van der Waals surface area contributed by atoms with Crippen LogP contribution in [0.4, 0.5) is 19.0 Å². The summed E-state index contributed by atoms with van der Waals surface area (Å²) in [4.78, 5) is 5.27. The van der Waals surface area contributed by atoms with E-state index in [1.807, 2.05) is 0 Å². The smallest absolute Gasteiger partial charge is 0.393 e. The van der Waals surface area contributed by atoms with Crippen molar-refractivity contribution >= 4 is 5.82 Å². The van der Waals surface area contributed by atoms with E-state index in [-0.39, 0.29) is 17.3 Å². The lowest BCUT2D eigenvalue weighted by Crippen LogP contribution is -2.35. The first-order valence-corrected chi connectivity index (χ1v) is 7.39. The number of rotatable bonds is 4. The number of aliphatic hydroxyl groups is 2. The minimum atomic E-state index is -4.55. The standard InChI is InChI=1S/C15H21F3N2O2/c1-20(8-11-4-2-3-5-12(11)22)14-7-10(9-21)6-13(19-14)15(16,17)18/h6-7,11-12,21-22H,2-5,8-9H2,1H3. The van der Waals surface area contributed by atoms with Crippen LogP contribution in [0.1, 0.15) is 36.9 Å². The van der Waals surface area contributed by atoms with Crippen molar-refractivity contribution in [2.75, 3.05) is 18.5 Å². The first-order valence-electron chi connectivity index (χ1n) is 7.39. The SMILES string of the molecule is CN(CC1CCCCC1O)c1cc(CO)cc(C(F)(F)F)n1.